The first kappa shape index (κ1) is 41.1. The van der Waals surface area contributed by atoms with E-state index in [0.29, 0.717) is 23.0 Å². The number of benzene rings is 4. The summed E-state index contributed by atoms with van der Waals surface area (Å²) in [4.78, 5) is 84.8. The van der Waals surface area contributed by atoms with E-state index >= 15 is 0 Å². The molecule has 0 spiro atoms. The number of para-hydroxylation sites is 1. The fourth-order valence-corrected chi connectivity index (χ4v) is 9.08. The van der Waals surface area contributed by atoms with E-state index in [2.05, 4.69) is 21.3 Å². The van der Waals surface area contributed by atoms with Crippen LogP contribution in [0.3, 0.4) is 0 Å². The van der Waals surface area contributed by atoms with Gasteiger partial charge in [0.25, 0.3) is 0 Å². The van der Waals surface area contributed by atoms with E-state index in [1.807, 2.05) is 103 Å². The van der Waals surface area contributed by atoms with Gasteiger partial charge in [0.2, 0.25) is 23.6 Å². The second kappa shape index (κ2) is 18.8. The number of piperazine rings is 1. The van der Waals surface area contributed by atoms with Gasteiger partial charge in [0, 0.05) is 30.6 Å². The Hall–Kier alpha value is -6.60. The minimum atomic E-state index is -1.25. The zero-order chi connectivity index (χ0) is 42.3. The van der Waals surface area contributed by atoms with Gasteiger partial charge in [-0.2, -0.15) is 0 Å². The molecule has 4 aromatic carbocycles. The van der Waals surface area contributed by atoms with Crippen LogP contribution >= 0.6 is 0 Å². The highest BCUT2D eigenvalue weighted by atomic mass is 16.5. The van der Waals surface area contributed by atoms with Gasteiger partial charge >= 0.3 is 6.09 Å². The highest BCUT2D eigenvalue weighted by Gasteiger charge is 2.52. The Morgan fingerprint density at radius 2 is 1.36 bits per heavy atom. The lowest BCUT2D eigenvalue weighted by Gasteiger charge is -2.53. The summed E-state index contributed by atoms with van der Waals surface area (Å²) in [5.41, 5.74) is 3.76. The third-order valence-corrected chi connectivity index (χ3v) is 12.1. The number of ether oxygens (including phenoxy) is 1. The topological polar surface area (TPSA) is 168 Å². The molecule has 0 radical (unpaired) electrons. The summed E-state index contributed by atoms with van der Waals surface area (Å²) in [5, 5.41) is 12.5. The second-order valence-electron chi connectivity index (χ2n) is 16.2. The molecule has 3 aliphatic heterocycles. The molecule has 1 aliphatic carbocycles. The molecule has 4 atom stereocenters. The molecule has 1 aromatic heterocycles. The van der Waals surface area contributed by atoms with Gasteiger partial charge in [-0.05, 0) is 66.3 Å². The Labute approximate surface area is 354 Å². The molecule has 4 heterocycles. The number of carbonyl (C=O) groups is 6. The first-order valence-electron chi connectivity index (χ1n) is 21.1. The Balaban J connectivity index is 1.04. The van der Waals surface area contributed by atoms with Gasteiger partial charge in [0.1, 0.15) is 24.7 Å². The Kier molecular flexibility index (Phi) is 12.7. The largest absolute Gasteiger partial charge is 0.444 e. The van der Waals surface area contributed by atoms with Crippen LogP contribution in [0.2, 0.25) is 0 Å². The number of nitrogens with zero attached hydrogens (tertiary/aromatic N) is 2. The van der Waals surface area contributed by atoms with E-state index in [4.69, 9.17) is 4.74 Å². The maximum atomic E-state index is 14.6. The summed E-state index contributed by atoms with van der Waals surface area (Å²) >= 11 is 0. The average Bonchev–Trinajstić information content (AvgIpc) is 3.66. The van der Waals surface area contributed by atoms with Gasteiger partial charge in [-0.25, -0.2) is 4.79 Å². The summed E-state index contributed by atoms with van der Waals surface area (Å²) in [6.45, 7) is 0.478. The molecule has 13 nitrogen and oxygen atoms in total. The fourth-order valence-electron chi connectivity index (χ4n) is 9.08. The standard InChI is InChI=1S/C48H50N6O7/c55-42(28-49-27-32-14-6-2-7-15-32)38(24-31-12-4-1-5-13-31)51-45(57)39(50-43(56)26-40-47(59)54-36-22-20-34(21-23-36)44(54)46(58)52-40)25-35-29-53(41-19-11-10-18-37(35)41)48(60)61-30-33-16-8-3-9-17-33/h1-19,29,34,36,38-40,44,49H,20-28,30H2,(H,50,56)(H,51,57)(H,52,58)/t34?,36?,38-,39+,40-,44-/m0/s1. The fraction of sp³-hybridized carbons (Fsp3) is 0.333. The van der Waals surface area contributed by atoms with Crippen molar-refractivity contribution in [3.63, 3.8) is 0 Å². The molecule has 314 valence electrons. The number of ketones is 1. The summed E-state index contributed by atoms with van der Waals surface area (Å²) in [6.07, 6.45) is 4.19. The molecule has 0 unspecified atom stereocenters. The third-order valence-electron chi connectivity index (χ3n) is 12.1. The Bertz CT molecular complexity index is 2380. The lowest BCUT2D eigenvalue weighted by Crippen LogP contribution is -2.71. The molecule has 4 fully saturated rings. The van der Waals surface area contributed by atoms with Crippen molar-refractivity contribution >= 4 is 46.4 Å². The normalized spacial score (nSPS) is 20.3. The van der Waals surface area contributed by atoms with Crippen LogP contribution in [0.15, 0.2) is 121 Å². The van der Waals surface area contributed by atoms with Crippen LogP contribution in [0.25, 0.3) is 10.9 Å². The number of hydrogen-bond donors (Lipinski definition) is 4. The van der Waals surface area contributed by atoms with Gasteiger partial charge in [-0.1, -0.05) is 109 Å². The smallest absolute Gasteiger partial charge is 0.418 e. The molecule has 3 saturated heterocycles. The van der Waals surface area contributed by atoms with E-state index < -0.39 is 42.1 Å². The number of amides is 4. The summed E-state index contributed by atoms with van der Waals surface area (Å²) in [7, 11) is 0. The highest BCUT2D eigenvalue weighted by Crippen LogP contribution is 2.41. The van der Waals surface area contributed by atoms with E-state index in [1.54, 1.807) is 23.2 Å². The van der Waals surface area contributed by atoms with Crippen LogP contribution in [0.1, 0.15) is 54.4 Å². The molecular formula is C48H50N6O7. The van der Waals surface area contributed by atoms with Crippen LogP contribution < -0.4 is 21.3 Å². The average molecular weight is 823 g/mol. The van der Waals surface area contributed by atoms with Gasteiger partial charge in [-0.15, -0.1) is 0 Å². The molecule has 1 saturated carbocycles. The number of Topliss-reactive ketones (excluding diaryl/α,β-unsaturated/α-hetero) is 1. The predicted octanol–water partition coefficient (Wildman–Crippen LogP) is 4.60. The number of aromatic nitrogens is 1. The number of rotatable bonds is 16. The van der Waals surface area contributed by atoms with Gasteiger partial charge < -0.3 is 30.9 Å². The third kappa shape index (κ3) is 9.57. The lowest BCUT2D eigenvalue weighted by molar-refractivity contribution is -0.163. The molecular weight excluding hydrogens is 773 g/mol. The number of hydrogen-bond acceptors (Lipinski definition) is 8. The molecule has 61 heavy (non-hydrogen) atoms. The first-order chi connectivity index (χ1) is 29.7. The highest BCUT2D eigenvalue weighted by molar-refractivity contribution is 6.01. The molecule has 9 rings (SSSR count). The maximum Gasteiger partial charge on any atom is 0.418 e. The van der Waals surface area contributed by atoms with Crippen molar-refractivity contribution in [2.75, 3.05) is 6.54 Å². The quantitative estimate of drug-likeness (QED) is 0.112. The molecule has 5 aromatic rings. The summed E-state index contributed by atoms with van der Waals surface area (Å²) in [5.74, 6) is -1.94. The number of nitrogens with one attached hydrogen (secondary N) is 4. The molecule has 4 aliphatic rings. The first-order valence-corrected chi connectivity index (χ1v) is 21.1. The van der Waals surface area contributed by atoms with Gasteiger partial charge in [0.15, 0.2) is 5.78 Å². The van der Waals surface area contributed by atoms with Crippen LogP contribution in [0, 0.1) is 5.92 Å². The van der Waals surface area contributed by atoms with Crippen molar-refractivity contribution in [2.24, 2.45) is 5.92 Å². The predicted molar refractivity (Wildman–Crippen MR) is 228 cm³/mol. The zero-order valence-electron chi connectivity index (χ0n) is 33.8. The van der Waals surface area contributed by atoms with Crippen LogP contribution in [0.5, 0.6) is 0 Å². The Morgan fingerprint density at radius 1 is 0.721 bits per heavy atom. The van der Waals surface area contributed by atoms with E-state index in [9.17, 15) is 28.8 Å². The molecule has 4 N–H and O–H groups in total. The monoisotopic (exact) mass is 822 g/mol. The molecule has 2 bridgehead atoms. The van der Waals surface area contributed by atoms with Crippen LogP contribution in [0.4, 0.5) is 4.79 Å². The van der Waals surface area contributed by atoms with Crippen molar-refractivity contribution in [3.05, 3.63) is 144 Å². The van der Waals surface area contributed by atoms with Crippen molar-refractivity contribution in [3.8, 4) is 0 Å². The molecule has 13 heteroatoms. The summed E-state index contributed by atoms with van der Waals surface area (Å²) in [6, 6.07) is 31.7. The van der Waals surface area contributed by atoms with Crippen molar-refractivity contribution in [1.29, 1.82) is 0 Å². The lowest BCUT2D eigenvalue weighted by atomic mass is 9.73. The minimum Gasteiger partial charge on any atom is -0.444 e. The van der Waals surface area contributed by atoms with Crippen LogP contribution in [-0.4, -0.2) is 81.7 Å². The van der Waals surface area contributed by atoms with E-state index in [0.717, 1.165) is 42.4 Å². The summed E-state index contributed by atoms with van der Waals surface area (Å²) < 4.78 is 7.05. The second-order valence-corrected chi connectivity index (χ2v) is 16.2. The number of carbonyl (C=O) groups excluding carboxylic acids is 6. The van der Waals surface area contributed by atoms with Gasteiger partial charge in [0.05, 0.1) is 24.5 Å². The molecule has 4 amide bonds. The number of fused-ring (bicyclic) bond motifs is 3. The Morgan fingerprint density at radius 3 is 2.07 bits per heavy atom. The van der Waals surface area contributed by atoms with Crippen LogP contribution in [-0.2, 0) is 54.7 Å². The van der Waals surface area contributed by atoms with Crippen molar-refractivity contribution in [1.82, 2.24) is 30.7 Å². The van der Waals surface area contributed by atoms with Crippen molar-refractivity contribution in [2.45, 2.75) is 88.3 Å². The van der Waals surface area contributed by atoms with Crippen molar-refractivity contribution < 1.29 is 33.5 Å². The zero-order valence-corrected chi connectivity index (χ0v) is 33.8. The van der Waals surface area contributed by atoms with E-state index in [1.165, 1.54) is 4.57 Å². The van der Waals surface area contributed by atoms with Gasteiger partial charge in [-0.3, -0.25) is 28.5 Å². The minimum absolute atomic E-state index is 0.0227. The van der Waals surface area contributed by atoms with E-state index in [-0.39, 0.29) is 62.0 Å². The SMILES string of the molecule is O=C(C[C@@H]1NC(=O)[C@@H]2C3CCC(CC3)N2C1=O)N[C@H](Cc1cn(C(=O)OCc2ccccc2)c2ccccc12)C(=O)N[C@@H](Cc1ccccc1)C(=O)CNCc1ccccc1. The maximum absolute atomic E-state index is 14.6. The number of piperidine rings is 2.